The molecule has 2 fully saturated rings. The molecule has 1 amide bonds. The average Bonchev–Trinajstić information content (AvgIpc) is 3.03. The second kappa shape index (κ2) is 6.23. The molecule has 0 aromatic carbocycles. The van der Waals surface area contributed by atoms with Crippen molar-refractivity contribution in [2.45, 2.75) is 64.6 Å². The first-order valence-electron chi connectivity index (χ1n) is 9.07. The smallest absolute Gasteiger partial charge is 0.226 e. The Bertz CT molecular complexity index is 572. The average molecular weight is 318 g/mol. The fourth-order valence-electron chi connectivity index (χ4n) is 4.86. The van der Waals surface area contributed by atoms with Crippen LogP contribution in [-0.4, -0.2) is 37.5 Å². The molecule has 2 saturated carbocycles. The summed E-state index contributed by atoms with van der Waals surface area (Å²) >= 11 is 0. The summed E-state index contributed by atoms with van der Waals surface area (Å²) in [5.74, 6) is 2.16. The number of nitrogens with zero attached hydrogens (tertiary/aromatic N) is 4. The van der Waals surface area contributed by atoms with Crippen molar-refractivity contribution in [2.75, 3.05) is 6.54 Å². The molecule has 3 aliphatic rings. The van der Waals surface area contributed by atoms with Gasteiger partial charge in [-0.05, 0) is 31.1 Å². The molecule has 23 heavy (non-hydrogen) atoms. The van der Waals surface area contributed by atoms with Crippen molar-refractivity contribution < 1.29 is 9.90 Å². The summed E-state index contributed by atoms with van der Waals surface area (Å²) in [6.07, 6.45) is 8.80. The summed E-state index contributed by atoms with van der Waals surface area (Å²) in [4.78, 5) is 14.9. The molecule has 4 rings (SSSR count). The summed E-state index contributed by atoms with van der Waals surface area (Å²) in [6, 6.07) is 0. The van der Waals surface area contributed by atoms with Gasteiger partial charge in [-0.2, -0.15) is 0 Å². The molecule has 3 unspecified atom stereocenters. The van der Waals surface area contributed by atoms with Gasteiger partial charge in [0.15, 0.2) is 0 Å². The van der Waals surface area contributed by atoms with Crippen molar-refractivity contribution in [2.24, 2.45) is 17.8 Å². The zero-order valence-corrected chi connectivity index (χ0v) is 13.7. The van der Waals surface area contributed by atoms with Gasteiger partial charge in [0, 0.05) is 12.5 Å². The molecule has 126 valence electrons. The Hall–Kier alpha value is -1.43. The van der Waals surface area contributed by atoms with Gasteiger partial charge >= 0.3 is 0 Å². The maximum Gasteiger partial charge on any atom is 0.226 e. The lowest BCUT2D eigenvalue weighted by molar-refractivity contribution is -0.139. The van der Waals surface area contributed by atoms with Gasteiger partial charge in [0.05, 0.1) is 25.4 Å². The van der Waals surface area contributed by atoms with E-state index in [9.17, 15) is 9.90 Å². The highest BCUT2D eigenvalue weighted by molar-refractivity contribution is 5.79. The third kappa shape index (κ3) is 2.77. The van der Waals surface area contributed by atoms with Crippen molar-refractivity contribution in [1.82, 2.24) is 19.9 Å². The monoisotopic (exact) mass is 318 g/mol. The summed E-state index contributed by atoms with van der Waals surface area (Å²) in [5, 5.41) is 17.4. The molecule has 2 aliphatic carbocycles. The summed E-state index contributed by atoms with van der Waals surface area (Å²) in [5.41, 5.74) is 1.51. The van der Waals surface area contributed by atoms with Crippen LogP contribution >= 0.6 is 0 Å². The van der Waals surface area contributed by atoms with E-state index in [1.54, 1.807) is 0 Å². The van der Waals surface area contributed by atoms with Gasteiger partial charge in [-0.25, -0.2) is 4.68 Å². The summed E-state index contributed by atoms with van der Waals surface area (Å²) in [7, 11) is 0. The van der Waals surface area contributed by atoms with E-state index < -0.39 is 0 Å². The van der Waals surface area contributed by atoms with Gasteiger partial charge in [-0.15, -0.1) is 5.10 Å². The Morgan fingerprint density at radius 3 is 2.78 bits per heavy atom. The number of carbonyl (C=O) groups is 1. The predicted molar refractivity (Wildman–Crippen MR) is 84.2 cm³/mol. The highest BCUT2D eigenvalue weighted by Crippen LogP contribution is 2.43. The molecular formula is C17H26N4O2. The van der Waals surface area contributed by atoms with Crippen LogP contribution in [0.15, 0.2) is 0 Å². The number of rotatable bonds is 2. The van der Waals surface area contributed by atoms with E-state index in [1.807, 2.05) is 9.58 Å². The van der Waals surface area contributed by atoms with Crippen molar-refractivity contribution in [3.63, 3.8) is 0 Å². The maximum atomic E-state index is 13.0. The Labute approximate surface area is 136 Å². The SMILES string of the molecule is O=C(C1CCC2CCCCC2C1)N1CCn2nnc(CO)c2C1. The molecule has 3 atom stereocenters. The van der Waals surface area contributed by atoms with E-state index in [2.05, 4.69) is 10.3 Å². The van der Waals surface area contributed by atoms with Gasteiger partial charge < -0.3 is 10.0 Å². The Morgan fingerprint density at radius 2 is 1.96 bits per heavy atom. The number of hydrogen-bond donors (Lipinski definition) is 1. The van der Waals surface area contributed by atoms with E-state index in [0.29, 0.717) is 31.2 Å². The predicted octanol–water partition coefficient (Wildman–Crippen LogP) is 1.72. The third-order valence-electron chi connectivity index (χ3n) is 6.19. The molecule has 0 radical (unpaired) electrons. The van der Waals surface area contributed by atoms with Crippen LogP contribution in [-0.2, 0) is 24.5 Å². The molecule has 1 aliphatic heterocycles. The number of aromatic nitrogens is 3. The number of aliphatic hydroxyl groups is 1. The van der Waals surface area contributed by atoms with Crippen LogP contribution in [0.25, 0.3) is 0 Å². The summed E-state index contributed by atoms with van der Waals surface area (Å²) in [6.45, 7) is 1.84. The number of carbonyl (C=O) groups excluding carboxylic acids is 1. The van der Waals surface area contributed by atoms with Crippen LogP contribution in [0.5, 0.6) is 0 Å². The Kier molecular flexibility index (Phi) is 4.09. The van der Waals surface area contributed by atoms with E-state index in [1.165, 1.54) is 32.1 Å². The third-order valence-corrected chi connectivity index (χ3v) is 6.19. The second-order valence-electron chi connectivity index (χ2n) is 7.44. The summed E-state index contributed by atoms with van der Waals surface area (Å²) < 4.78 is 1.83. The normalized spacial score (nSPS) is 30.7. The molecule has 1 aromatic heterocycles. The lowest BCUT2D eigenvalue weighted by Crippen LogP contribution is -2.44. The number of amides is 1. The minimum atomic E-state index is -0.107. The highest BCUT2D eigenvalue weighted by Gasteiger charge is 2.37. The number of hydrogen-bond acceptors (Lipinski definition) is 4. The van der Waals surface area contributed by atoms with Crippen molar-refractivity contribution >= 4 is 5.91 Å². The standard InChI is InChI=1S/C17H26N4O2/c22-11-15-16-10-20(7-8-21(16)19-18-15)17(23)14-6-5-12-3-1-2-4-13(12)9-14/h12-14,22H,1-11H2. The van der Waals surface area contributed by atoms with Crippen LogP contribution in [0.3, 0.4) is 0 Å². The fraction of sp³-hybridized carbons (Fsp3) is 0.824. The van der Waals surface area contributed by atoms with Gasteiger partial charge in [0.25, 0.3) is 0 Å². The van der Waals surface area contributed by atoms with Crippen LogP contribution in [0.2, 0.25) is 0 Å². The van der Waals surface area contributed by atoms with E-state index in [0.717, 1.165) is 30.4 Å². The van der Waals surface area contributed by atoms with Gasteiger partial charge in [0.1, 0.15) is 5.69 Å². The first-order chi connectivity index (χ1) is 11.3. The lowest BCUT2D eigenvalue weighted by Gasteiger charge is -2.40. The molecule has 1 aromatic rings. The zero-order chi connectivity index (χ0) is 15.8. The highest BCUT2D eigenvalue weighted by atomic mass is 16.3. The van der Waals surface area contributed by atoms with Crippen molar-refractivity contribution in [1.29, 1.82) is 0 Å². The molecule has 1 N–H and O–H groups in total. The first-order valence-corrected chi connectivity index (χ1v) is 9.07. The van der Waals surface area contributed by atoms with Crippen molar-refractivity contribution in [3.05, 3.63) is 11.4 Å². The minimum absolute atomic E-state index is 0.107. The zero-order valence-electron chi connectivity index (χ0n) is 13.7. The Balaban J connectivity index is 1.43. The van der Waals surface area contributed by atoms with E-state index in [4.69, 9.17) is 0 Å². The van der Waals surface area contributed by atoms with E-state index in [-0.39, 0.29) is 12.5 Å². The lowest BCUT2D eigenvalue weighted by atomic mass is 9.67. The largest absolute Gasteiger partial charge is 0.390 e. The second-order valence-corrected chi connectivity index (χ2v) is 7.44. The number of fused-ring (bicyclic) bond motifs is 2. The molecular weight excluding hydrogens is 292 g/mol. The van der Waals surface area contributed by atoms with Gasteiger partial charge in [0.2, 0.25) is 5.91 Å². The van der Waals surface area contributed by atoms with Crippen LogP contribution in [0, 0.1) is 17.8 Å². The fourth-order valence-corrected chi connectivity index (χ4v) is 4.86. The molecule has 6 heteroatoms. The molecule has 0 bridgehead atoms. The van der Waals surface area contributed by atoms with Crippen LogP contribution in [0.1, 0.15) is 56.3 Å². The molecule has 6 nitrogen and oxygen atoms in total. The van der Waals surface area contributed by atoms with Crippen LogP contribution in [0.4, 0.5) is 0 Å². The first kappa shape index (κ1) is 15.1. The quantitative estimate of drug-likeness (QED) is 0.901. The molecule has 2 heterocycles. The molecule has 0 saturated heterocycles. The maximum absolute atomic E-state index is 13.0. The van der Waals surface area contributed by atoms with Crippen LogP contribution < -0.4 is 0 Å². The Morgan fingerprint density at radius 1 is 1.13 bits per heavy atom. The molecule has 0 spiro atoms. The number of aliphatic hydroxyl groups excluding tert-OH is 1. The topological polar surface area (TPSA) is 71.2 Å². The van der Waals surface area contributed by atoms with E-state index >= 15 is 0 Å². The van der Waals surface area contributed by atoms with Gasteiger partial charge in [-0.1, -0.05) is 30.9 Å². The van der Waals surface area contributed by atoms with Gasteiger partial charge in [-0.3, -0.25) is 4.79 Å². The minimum Gasteiger partial charge on any atom is -0.390 e. The van der Waals surface area contributed by atoms with Crippen molar-refractivity contribution in [3.8, 4) is 0 Å².